The van der Waals surface area contributed by atoms with Gasteiger partial charge in [-0.05, 0) is 72.5 Å². The molecular weight excluding hydrogens is 538 g/mol. The number of carbonyl (C=O) groups is 1. The van der Waals surface area contributed by atoms with Gasteiger partial charge in [0.15, 0.2) is 0 Å². The summed E-state index contributed by atoms with van der Waals surface area (Å²) in [6.07, 6.45) is 7.30. The van der Waals surface area contributed by atoms with Gasteiger partial charge in [-0.2, -0.15) is 0 Å². The van der Waals surface area contributed by atoms with E-state index in [4.69, 9.17) is 9.47 Å². The van der Waals surface area contributed by atoms with Crippen LogP contribution in [0, 0.1) is 0 Å². The third-order valence-electron chi connectivity index (χ3n) is 8.88. The van der Waals surface area contributed by atoms with Crippen LogP contribution in [0.15, 0.2) is 91.4 Å². The molecule has 0 atom stereocenters. The molecule has 0 radical (unpaired) electrons. The molecule has 0 unspecified atom stereocenters. The van der Waals surface area contributed by atoms with E-state index in [1.54, 1.807) is 32.8 Å². The van der Waals surface area contributed by atoms with Crippen molar-refractivity contribution in [3.05, 3.63) is 114 Å². The fraction of sp³-hybridized carbons (Fsp3) is 0.343. The maximum atomic E-state index is 13.5. The monoisotopic (exact) mass is 577 g/mol. The molecular formula is C35H39N5O3. The number of carbonyl (C=O) groups excluding carboxylic acids is 1. The van der Waals surface area contributed by atoms with Crippen molar-refractivity contribution >= 4 is 11.7 Å². The molecule has 0 N–H and O–H groups in total. The highest BCUT2D eigenvalue weighted by atomic mass is 16.5. The minimum absolute atomic E-state index is 0.0881. The first-order chi connectivity index (χ1) is 21.1. The number of piperidine rings is 1. The fourth-order valence-corrected chi connectivity index (χ4v) is 6.57. The zero-order chi connectivity index (χ0) is 29.6. The molecule has 1 amide bonds. The lowest BCUT2D eigenvalue weighted by atomic mass is 9.69. The van der Waals surface area contributed by atoms with E-state index < -0.39 is 0 Å². The Labute approximate surface area is 253 Å². The lowest BCUT2D eigenvalue weighted by Crippen LogP contribution is -2.49. The Bertz CT molecular complexity index is 1460. The highest BCUT2D eigenvalue weighted by Gasteiger charge is 2.39. The molecule has 1 aromatic heterocycles. The van der Waals surface area contributed by atoms with Crippen LogP contribution in [0.2, 0.25) is 0 Å². The number of methoxy groups -OCH3 is 2. The molecule has 0 aliphatic carbocycles. The first-order valence-electron chi connectivity index (χ1n) is 15.0. The largest absolute Gasteiger partial charge is 0.497 e. The number of nitrogens with zero attached hydrogens (tertiary/aromatic N) is 5. The maximum Gasteiger partial charge on any atom is 0.253 e. The van der Waals surface area contributed by atoms with Crippen molar-refractivity contribution in [3.63, 3.8) is 0 Å². The van der Waals surface area contributed by atoms with Gasteiger partial charge in [0.1, 0.15) is 17.3 Å². The van der Waals surface area contributed by atoms with Gasteiger partial charge in [-0.15, -0.1) is 0 Å². The SMILES string of the molecule is COc1ccc(C2(c3ccc(OC)cc3)CCCN(Cc3cccc(C(=O)N4CCN(c5cnccn5)CC4)c3)C2)cc1. The van der Waals surface area contributed by atoms with Crippen LogP contribution in [-0.4, -0.2) is 79.2 Å². The predicted octanol–water partition coefficient (Wildman–Crippen LogP) is 5.04. The van der Waals surface area contributed by atoms with Gasteiger partial charge >= 0.3 is 0 Å². The molecule has 3 aromatic carbocycles. The van der Waals surface area contributed by atoms with Gasteiger partial charge in [-0.1, -0.05) is 36.4 Å². The number of hydrogen-bond acceptors (Lipinski definition) is 7. The summed E-state index contributed by atoms with van der Waals surface area (Å²) >= 11 is 0. The summed E-state index contributed by atoms with van der Waals surface area (Å²) < 4.78 is 10.9. The van der Waals surface area contributed by atoms with Gasteiger partial charge in [-0.3, -0.25) is 14.7 Å². The molecule has 222 valence electrons. The van der Waals surface area contributed by atoms with Crippen LogP contribution in [-0.2, 0) is 12.0 Å². The zero-order valence-corrected chi connectivity index (χ0v) is 25.0. The number of likely N-dealkylation sites (tertiary alicyclic amines) is 1. The molecule has 2 aliphatic heterocycles. The Morgan fingerprint density at radius 3 is 2.12 bits per heavy atom. The standard InChI is InChI=1S/C35H39N5O3/c1-42-31-11-7-29(8-12-31)35(30-9-13-32(43-2)14-10-30)15-4-18-38(26-35)25-27-5-3-6-28(23-27)34(41)40-21-19-39(20-22-40)33-24-36-16-17-37-33/h3,5-14,16-17,23-24H,4,15,18-22,25-26H2,1-2H3. The quantitative estimate of drug-likeness (QED) is 0.291. The van der Waals surface area contributed by atoms with Crippen LogP contribution in [0.4, 0.5) is 5.82 Å². The Hall–Kier alpha value is -4.43. The van der Waals surface area contributed by atoms with Crippen LogP contribution in [0.5, 0.6) is 11.5 Å². The van der Waals surface area contributed by atoms with Gasteiger partial charge in [0.25, 0.3) is 5.91 Å². The first kappa shape index (κ1) is 28.7. The molecule has 0 spiro atoms. The Morgan fingerprint density at radius 1 is 0.837 bits per heavy atom. The normalized spacial score (nSPS) is 17.0. The molecule has 4 aromatic rings. The first-order valence-corrected chi connectivity index (χ1v) is 15.0. The van der Waals surface area contributed by atoms with Gasteiger partial charge in [-0.25, -0.2) is 4.98 Å². The summed E-state index contributed by atoms with van der Waals surface area (Å²) in [5, 5.41) is 0. The number of aromatic nitrogens is 2. The Kier molecular flexibility index (Phi) is 8.56. The molecule has 6 rings (SSSR count). The average molecular weight is 578 g/mol. The number of piperazine rings is 1. The summed E-state index contributed by atoms with van der Waals surface area (Å²) in [4.78, 5) is 28.8. The smallest absolute Gasteiger partial charge is 0.253 e. The highest BCUT2D eigenvalue weighted by molar-refractivity contribution is 5.94. The second-order valence-electron chi connectivity index (χ2n) is 11.4. The molecule has 0 saturated carbocycles. The highest BCUT2D eigenvalue weighted by Crippen LogP contribution is 2.42. The van der Waals surface area contributed by atoms with E-state index in [1.807, 2.05) is 17.0 Å². The summed E-state index contributed by atoms with van der Waals surface area (Å²) in [5.41, 5.74) is 4.32. The number of ether oxygens (including phenoxy) is 2. The van der Waals surface area contributed by atoms with Crippen molar-refractivity contribution in [2.75, 3.05) is 58.4 Å². The molecule has 43 heavy (non-hydrogen) atoms. The van der Waals surface area contributed by atoms with Gasteiger partial charge in [0.2, 0.25) is 0 Å². The van der Waals surface area contributed by atoms with E-state index >= 15 is 0 Å². The van der Waals surface area contributed by atoms with Gasteiger partial charge < -0.3 is 19.3 Å². The molecule has 2 saturated heterocycles. The summed E-state index contributed by atoms with van der Waals surface area (Å²) in [5.74, 6) is 2.67. The summed E-state index contributed by atoms with van der Waals surface area (Å²) in [7, 11) is 3.41. The minimum Gasteiger partial charge on any atom is -0.497 e. The van der Waals surface area contributed by atoms with Crippen LogP contribution in [0.25, 0.3) is 0 Å². The van der Waals surface area contributed by atoms with E-state index in [2.05, 4.69) is 80.4 Å². The molecule has 0 bridgehead atoms. The zero-order valence-electron chi connectivity index (χ0n) is 25.0. The molecule has 2 fully saturated rings. The van der Waals surface area contributed by atoms with E-state index in [9.17, 15) is 4.79 Å². The van der Waals surface area contributed by atoms with E-state index in [-0.39, 0.29) is 11.3 Å². The van der Waals surface area contributed by atoms with Crippen molar-refractivity contribution in [1.29, 1.82) is 0 Å². The van der Waals surface area contributed by atoms with Gasteiger partial charge in [0, 0.05) is 62.6 Å². The van der Waals surface area contributed by atoms with Crippen LogP contribution >= 0.6 is 0 Å². The second kappa shape index (κ2) is 12.8. The maximum absolute atomic E-state index is 13.5. The van der Waals surface area contributed by atoms with Crippen molar-refractivity contribution in [1.82, 2.24) is 19.8 Å². The van der Waals surface area contributed by atoms with E-state index in [0.717, 1.165) is 74.0 Å². The van der Waals surface area contributed by atoms with Crippen molar-refractivity contribution < 1.29 is 14.3 Å². The molecule has 2 aliphatic rings. The Morgan fingerprint density at radius 2 is 1.51 bits per heavy atom. The number of benzene rings is 3. The third kappa shape index (κ3) is 6.20. The van der Waals surface area contributed by atoms with E-state index in [1.165, 1.54) is 11.1 Å². The topological polar surface area (TPSA) is 71.0 Å². The lowest BCUT2D eigenvalue weighted by Gasteiger charge is -2.44. The summed E-state index contributed by atoms with van der Waals surface area (Å²) in [6, 6.07) is 25.2. The molecule has 3 heterocycles. The van der Waals surface area contributed by atoms with Crippen molar-refractivity contribution in [2.24, 2.45) is 0 Å². The number of rotatable bonds is 8. The number of hydrogen-bond donors (Lipinski definition) is 0. The average Bonchev–Trinajstić information content (AvgIpc) is 3.08. The van der Waals surface area contributed by atoms with Gasteiger partial charge in [0.05, 0.1) is 20.4 Å². The van der Waals surface area contributed by atoms with Crippen LogP contribution in [0.3, 0.4) is 0 Å². The van der Waals surface area contributed by atoms with Crippen molar-refractivity contribution in [2.45, 2.75) is 24.8 Å². The molecule has 8 heteroatoms. The predicted molar refractivity (Wildman–Crippen MR) is 168 cm³/mol. The minimum atomic E-state index is -0.160. The number of anilines is 1. The van der Waals surface area contributed by atoms with Crippen LogP contribution < -0.4 is 14.4 Å². The van der Waals surface area contributed by atoms with Crippen molar-refractivity contribution in [3.8, 4) is 11.5 Å². The van der Waals surface area contributed by atoms with E-state index in [0.29, 0.717) is 13.1 Å². The van der Waals surface area contributed by atoms with Crippen LogP contribution in [0.1, 0.15) is 39.9 Å². The fourth-order valence-electron chi connectivity index (χ4n) is 6.57. The third-order valence-corrected chi connectivity index (χ3v) is 8.88. The lowest BCUT2D eigenvalue weighted by molar-refractivity contribution is 0.0746. The Balaban J connectivity index is 1.18. The molecule has 8 nitrogen and oxygen atoms in total. The second-order valence-corrected chi connectivity index (χ2v) is 11.4. The number of amides is 1. The summed E-state index contributed by atoms with van der Waals surface area (Å²) in [6.45, 7) is 5.50.